The van der Waals surface area contributed by atoms with Gasteiger partial charge in [0.2, 0.25) is 11.8 Å². The number of ether oxygens (including phenoxy) is 1. The molecule has 2 aliphatic rings. The van der Waals surface area contributed by atoms with E-state index in [0.29, 0.717) is 12.4 Å². The zero-order valence-corrected chi connectivity index (χ0v) is 18.3. The van der Waals surface area contributed by atoms with Crippen LogP contribution < -0.4 is 4.74 Å². The molecule has 4 unspecified atom stereocenters. The Bertz CT molecular complexity index is 1170. The number of hydrogen-bond acceptors (Lipinski definition) is 5. The van der Waals surface area contributed by atoms with Gasteiger partial charge in [-0.2, -0.15) is 15.0 Å². The number of hydrogen-bond donors (Lipinski definition) is 0. The average molecular weight is 430 g/mol. The molecule has 164 valence electrons. The third-order valence-electron chi connectivity index (χ3n) is 6.63. The summed E-state index contributed by atoms with van der Waals surface area (Å²) in [6.07, 6.45) is 14.5. The number of nitrogens with zero attached hydrogens (tertiary/aromatic N) is 5. The van der Waals surface area contributed by atoms with Gasteiger partial charge in [-0.25, -0.2) is 4.98 Å². The van der Waals surface area contributed by atoms with Crippen LogP contribution in [0, 0.1) is 5.92 Å². The molecule has 2 aromatic heterocycles. The Morgan fingerprint density at radius 2 is 1.91 bits per heavy atom. The van der Waals surface area contributed by atoms with Gasteiger partial charge in [-0.1, -0.05) is 42.5 Å². The number of benzene rings is 1. The van der Waals surface area contributed by atoms with Gasteiger partial charge < -0.3 is 9.64 Å². The van der Waals surface area contributed by atoms with Crippen molar-refractivity contribution in [2.24, 2.45) is 5.92 Å². The lowest BCUT2D eigenvalue weighted by atomic mass is 9.81. The van der Waals surface area contributed by atoms with Gasteiger partial charge in [0.05, 0.1) is 24.9 Å². The van der Waals surface area contributed by atoms with Gasteiger partial charge in [-0.15, -0.1) is 0 Å². The van der Waals surface area contributed by atoms with Crippen LogP contribution in [0.4, 0.5) is 0 Å². The molecular formula is C25H27N5O2. The minimum atomic E-state index is -0.653. The first kappa shape index (κ1) is 20.4. The summed E-state index contributed by atoms with van der Waals surface area (Å²) < 4.78 is 6.34. The summed E-state index contributed by atoms with van der Waals surface area (Å²) in [5.41, 5.74) is -0.653. The lowest BCUT2D eigenvalue weighted by Gasteiger charge is -2.42. The van der Waals surface area contributed by atoms with Crippen molar-refractivity contribution in [3.63, 3.8) is 0 Å². The molecule has 1 fully saturated rings. The Labute approximate surface area is 187 Å². The molecule has 1 aliphatic heterocycles. The molecule has 0 bridgehead atoms. The fourth-order valence-corrected chi connectivity index (χ4v) is 4.71. The standard InChI is InChI=1S/C25H27N5O2/c1-18-10-11-20(32-23-21-8-4-3-7-19(21)12-14-26-23)17-29(18)24(31)22-9-5-6-13-25(22,2)30-27-15-16-28-30/h3-9,12-16,18,20,22H,10-11,17H2,1-2H3. The van der Waals surface area contributed by atoms with Gasteiger partial charge >= 0.3 is 0 Å². The second kappa shape index (κ2) is 8.22. The van der Waals surface area contributed by atoms with E-state index < -0.39 is 11.5 Å². The van der Waals surface area contributed by atoms with Crippen molar-refractivity contribution >= 4 is 16.7 Å². The highest BCUT2D eigenvalue weighted by molar-refractivity contribution is 5.86. The molecule has 3 heterocycles. The largest absolute Gasteiger partial charge is 0.472 e. The number of carbonyl (C=O) groups is 1. The maximum Gasteiger partial charge on any atom is 0.232 e. The molecule has 0 N–H and O–H groups in total. The van der Waals surface area contributed by atoms with E-state index in [1.54, 1.807) is 23.4 Å². The number of aromatic nitrogens is 4. The van der Waals surface area contributed by atoms with Crippen LogP contribution in [-0.4, -0.2) is 49.5 Å². The molecule has 7 heteroatoms. The third kappa shape index (κ3) is 3.57. The second-order valence-electron chi connectivity index (χ2n) is 8.76. The summed E-state index contributed by atoms with van der Waals surface area (Å²) in [5, 5.41) is 10.7. The minimum absolute atomic E-state index is 0.0667. The maximum absolute atomic E-state index is 13.8. The molecule has 32 heavy (non-hydrogen) atoms. The molecule has 1 amide bonds. The molecular weight excluding hydrogens is 402 g/mol. The summed E-state index contributed by atoms with van der Waals surface area (Å²) >= 11 is 0. The number of pyridine rings is 1. The first-order valence-corrected chi connectivity index (χ1v) is 11.1. The topological polar surface area (TPSA) is 73.1 Å². The quantitative estimate of drug-likeness (QED) is 0.632. The summed E-state index contributed by atoms with van der Waals surface area (Å²) in [6, 6.07) is 10.2. The van der Waals surface area contributed by atoms with E-state index in [9.17, 15) is 4.79 Å². The highest BCUT2D eigenvalue weighted by Gasteiger charge is 2.44. The van der Waals surface area contributed by atoms with Crippen LogP contribution in [0.5, 0.6) is 5.88 Å². The number of fused-ring (bicyclic) bond motifs is 1. The molecule has 1 saturated heterocycles. The van der Waals surface area contributed by atoms with E-state index in [1.807, 2.05) is 60.4 Å². The van der Waals surface area contributed by atoms with Gasteiger partial charge in [0, 0.05) is 17.6 Å². The number of likely N-dealkylation sites (tertiary alicyclic amines) is 1. The summed E-state index contributed by atoms with van der Waals surface area (Å²) in [7, 11) is 0. The van der Waals surface area contributed by atoms with Crippen LogP contribution in [0.2, 0.25) is 0 Å². The highest BCUT2D eigenvalue weighted by Crippen LogP contribution is 2.34. The van der Waals surface area contributed by atoms with E-state index in [2.05, 4.69) is 28.2 Å². The van der Waals surface area contributed by atoms with E-state index in [-0.39, 0.29) is 18.1 Å². The molecule has 0 radical (unpaired) electrons. The lowest BCUT2D eigenvalue weighted by Crippen LogP contribution is -2.55. The molecule has 1 aromatic carbocycles. The fourth-order valence-electron chi connectivity index (χ4n) is 4.71. The van der Waals surface area contributed by atoms with E-state index in [4.69, 9.17) is 4.74 Å². The molecule has 4 atom stereocenters. The van der Waals surface area contributed by atoms with Gasteiger partial charge in [-0.3, -0.25) is 4.79 Å². The van der Waals surface area contributed by atoms with Crippen molar-refractivity contribution in [2.75, 3.05) is 6.54 Å². The Balaban J connectivity index is 1.38. The Morgan fingerprint density at radius 1 is 1.09 bits per heavy atom. The zero-order chi connectivity index (χ0) is 22.1. The molecule has 1 aliphatic carbocycles. The van der Waals surface area contributed by atoms with Crippen molar-refractivity contribution in [3.8, 4) is 5.88 Å². The van der Waals surface area contributed by atoms with Crippen LogP contribution in [-0.2, 0) is 10.3 Å². The molecule has 7 nitrogen and oxygen atoms in total. The van der Waals surface area contributed by atoms with Crippen molar-refractivity contribution in [2.45, 2.75) is 44.4 Å². The number of allylic oxidation sites excluding steroid dienone is 3. The fraction of sp³-hybridized carbons (Fsp3) is 0.360. The van der Waals surface area contributed by atoms with Crippen molar-refractivity contribution in [1.29, 1.82) is 0 Å². The van der Waals surface area contributed by atoms with E-state index in [1.165, 1.54) is 0 Å². The van der Waals surface area contributed by atoms with Gasteiger partial charge in [0.1, 0.15) is 11.6 Å². The summed E-state index contributed by atoms with van der Waals surface area (Å²) in [6.45, 7) is 4.63. The predicted octanol–water partition coefficient (Wildman–Crippen LogP) is 3.74. The second-order valence-corrected chi connectivity index (χ2v) is 8.76. The third-order valence-corrected chi connectivity index (χ3v) is 6.63. The van der Waals surface area contributed by atoms with Crippen LogP contribution in [0.15, 0.2) is 73.2 Å². The van der Waals surface area contributed by atoms with Gasteiger partial charge in [0.15, 0.2) is 0 Å². The average Bonchev–Trinajstić information content (AvgIpc) is 3.36. The monoisotopic (exact) mass is 429 g/mol. The van der Waals surface area contributed by atoms with Crippen LogP contribution in [0.25, 0.3) is 10.8 Å². The minimum Gasteiger partial charge on any atom is -0.472 e. The number of piperidine rings is 1. The lowest BCUT2D eigenvalue weighted by molar-refractivity contribution is -0.142. The van der Waals surface area contributed by atoms with Crippen molar-refractivity contribution in [1.82, 2.24) is 24.9 Å². The number of amides is 1. The maximum atomic E-state index is 13.8. The van der Waals surface area contributed by atoms with Crippen molar-refractivity contribution < 1.29 is 9.53 Å². The van der Waals surface area contributed by atoms with Crippen molar-refractivity contribution in [3.05, 3.63) is 73.2 Å². The number of rotatable bonds is 4. The van der Waals surface area contributed by atoms with Crippen LogP contribution in [0.3, 0.4) is 0 Å². The molecule has 0 spiro atoms. The molecule has 0 saturated carbocycles. The van der Waals surface area contributed by atoms with Gasteiger partial charge in [-0.05, 0) is 44.2 Å². The Kier molecular flexibility index (Phi) is 5.25. The summed E-state index contributed by atoms with van der Waals surface area (Å²) in [4.78, 5) is 21.8. The predicted molar refractivity (Wildman–Crippen MR) is 122 cm³/mol. The first-order chi connectivity index (χ1) is 15.6. The highest BCUT2D eigenvalue weighted by atomic mass is 16.5. The van der Waals surface area contributed by atoms with E-state index in [0.717, 1.165) is 23.6 Å². The van der Waals surface area contributed by atoms with Crippen LogP contribution in [0.1, 0.15) is 26.7 Å². The molecule has 3 aromatic rings. The van der Waals surface area contributed by atoms with Crippen LogP contribution >= 0.6 is 0 Å². The normalized spacial score (nSPS) is 27.6. The number of carbonyl (C=O) groups excluding carboxylic acids is 1. The van der Waals surface area contributed by atoms with E-state index >= 15 is 0 Å². The molecule has 5 rings (SSSR count). The summed E-state index contributed by atoms with van der Waals surface area (Å²) in [5.74, 6) is 0.301. The van der Waals surface area contributed by atoms with Gasteiger partial charge in [0.25, 0.3) is 0 Å². The Hall–Kier alpha value is -3.48. The first-order valence-electron chi connectivity index (χ1n) is 11.1. The Morgan fingerprint density at radius 3 is 2.75 bits per heavy atom. The SMILES string of the molecule is CC1CCC(Oc2nccc3ccccc23)CN1C(=O)C1C=CC=CC1(C)n1nccn1. The smallest absolute Gasteiger partial charge is 0.232 e. The zero-order valence-electron chi connectivity index (χ0n) is 18.3.